The summed E-state index contributed by atoms with van der Waals surface area (Å²) in [6.07, 6.45) is 0. The van der Waals surface area contributed by atoms with Crippen LogP contribution in [0.3, 0.4) is 0 Å². The number of aryl methyl sites for hydroxylation is 1. The van der Waals surface area contributed by atoms with Crippen LogP contribution in [-0.4, -0.2) is 0 Å². The molecule has 0 amide bonds. The van der Waals surface area contributed by atoms with E-state index in [-0.39, 0.29) is 0 Å². The van der Waals surface area contributed by atoms with E-state index in [0.717, 1.165) is 10.0 Å². The summed E-state index contributed by atoms with van der Waals surface area (Å²) >= 11 is 3.29. The fraction of sp³-hybridized carbons (Fsp3) is 0.125. The van der Waals surface area contributed by atoms with E-state index in [4.69, 9.17) is 11.0 Å². The third-order valence-corrected chi connectivity index (χ3v) is 2.55. The highest BCUT2D eigenvalue weighted by Crippen LogP contribution is 2.26. The Labute approximate surface area is 73.8 Å². The zero-order valence-electron chi connectivity index (χ0n) is 6.06. The first kappa shape index (κ1) is 8.09. The summed E-state index contributed by atoms with van der Waals surface area (Å²) in [4.78, 5) is 0. The minimum absolute atomic E-state index is 0.516. The normalized spacial score (nSPS) is 9.18. The van der Waals surface area contributed by atoms with Crippen molar-refractivity contribution in [1.29, 1.82) is 5.26 Å². The molecule has 0 aliphatic heterocycles. The van der Waals surface area contributed by atoms with E-state index in [2.05, 4.69) is 15.9 Å². The Balaban J connectivity index is 3.40. The maximum Gasteiger partial charge on any atom is 0.101 e. The summed E-state index contributed by atoms with van der Waals surface area (Å²) in [5.41, 5.74) is 7.70. The second kappa shape index (κ2) is 2.93. The van der Waals surface area contributed by atoms with Crippen LogP contribution < -0.4 is 5.73 Å². The van der Waals surface area contributed by atoms with Gasteiger partial charge in [0.2, 0.25) is 0 Å². The molecule has 0 spiro atoms. The van der Waals surface area contributed by atoms with Gasteiger partial charge < -0.3 is 5.73 Å². The number of nitrogens with two attached hydrogens (primary N) is 1. The number of benzene rings is 1. The molecule has 11 heavy (non-hydrogen) atoms. The van der Waals surface area contributed by atoms with Crippen LogP contribution in [0.1, 0.15) is 11.1 Å². The number of nitrogens with zero attached hydrogens (tertiary/aromatic N) is 1. The summed E-state index contributed by atoms with van der Waals surface area (Å²) in [5, 5.41) is 8.58. The first-order chi connectivity index (χ1) is 5.16. The zero-order chi connectivity index (χ0) is 8.43. The third-order valence-electron chi connectivity index (χ3n) is 1.49. The lowest BCUT2D eigenvalue weighted by molar-refractivity contribution is 1.40. The molecule has 0 atom stereocenters. The molecule has 2 N–H and O–H groups in total. The molecule has 0 bridgehead atoms. The molecule has 1 aromatic rings. The van der Waals surface area contributed by atoms with Crippen LogP contribution in [0.5, 0.6) is 0 Å². The molecule has 3 heteroatoms. The lowest BCUT2D eigenvalue weighted by Crippen LogP contribution is -1.92. The zero-order valence-corrected chi connectivity index (χ0v) is 7.64. The standard InChI is InChI=1S/C8H7BrN2/c1-5-2-3-6(4-10)8(11)7(5)9/h2-3H,11H2,1H3. The molecule has 2 nitrogen and oxygen atoms in total. The summed E-state index contributed by atoms with van der Waals surface area (Å²) in [5.74, 6) is 0. The van der Waals surface area contributed by atoms with Crippen molar-refractivity contribution in [3.05, 3.63) is 27.7 Å². The molecule has 0 aromatic heterocycles. The van der Waals surface area contributed by atoms with Crippen molar-refractivity contribution in [2.75, 3.05) is 5.73 Å². The van der Waals surface area contributed by atoms with Crippen molar-refractivity contribution in [2.24, 2.45) is 0 Å². The second-order valence-electron chi connectivity index (χ2n) is 2.27. The van der Waals surface area contributed by atoms with Gasteiger partial charge in [0.25, 0.3) is 0 Å². The minimum atomic E-state index is 0.516. The first-order valence-electron chi connectivity index (χ1n) is 3.11. The monoisotopic (exact) mass is 210 g/mol. The van der Waals surface area contributed by atoms with Crippen LogP contribution in [0.4, 0.5) is 5.69 Å². The number of anilines is 1. The van der Waals surface area contributed by atoms with E-state index >= 15 is 0 Å². The Kier molecular flexibility index (Phi) is 2.16. The summed E-state index contributed by atoms with van der Waals surface area (Å²) < 4.78 is 0.816. The second-order valence-corrected chi connectivity index (χ2v) is 3.06. The van der Waals surface area contributed by atoms with Crippen molar-refractivity contribution in [2.45, 2.75) is 6.92 Å². The van der Waals surface area contributed by atoms with Gasteiger partial charge in [0.05, 0.1) is 11.3 Å². The van der Waals surface area contributed by atoms with Crippen molar-refractivity contribution < 1.29 is 0 Å². The summed E-state index contributed by atoms with van der Waals surface area (Å²) in [6.45, 7) is 1.93. The van der Waals surface area contributed by atoms with E-state index in [9.17, 15) is 0 Å². The smallest absolute Gasteiger partial charge is 0.101 e. The van der Waals surface area contributed by atoms with Crippen LogP contribution in [-0.2, 0) is 0 Å². The predicted octanol–water partition coefficient (Wildman–Crippen LogP) is 2.21. The van der Waals surface area contributed by atoms with Gasteiger partial charge >= 0.3 is 0 Å². The van der Waals surface area contributed by atoms with Crippen LogP contribution in [0, 0.1) is 18.3 Å². The van der Waals surface area contributed by atoms with E-state index < -0.39 is 0 Å². The molecule has 0 aliphatic rings. The molecule has 0 saturated heterocycles. The molecule has 0 radical (unpaired) electrons. The molecule has 56 valence electrons. The van der Waals surface area contributed by atoms with Crippen LogP contribution in [0.25, 0.3) is 0 Å². The fourth-order valence-electron chi connectivity index (χ4n) is 0.799. The first-order valence-corrected chi connectivity index (χ1v) is 3.90. The Morgan fingerprint density at radius 2 is 2.18 bits per heavy atom. The van der Waals surface area contributed by atoms with E-state index in [0.29, 0.717) is 11.3 Å². The molecule has 0 aliphatic carbocycles. The maximum absolute atomic E-state index is 8.58. The van der Waals surface area contributed by atoms with Gasteiger partial charge in [0, 0.05) is 4.47 Å². The third kappa shape index (κ3) is 1.36. The number of hydrogen-bond acceptors (Lipinski definition) is 2. The van der Waals surface area contributed by atoms with Gasteiger partial charge in [-0.1, -0.05) is 6.07 Å². The lowest BCUT2D eigenvalue weighted by atomic mass is 10.1. The average Bonchev–Trinajstić information content (AvgIpc) is 2.01. The predicted molar refractivity (Wildman–Crippen MR) is 48.0 cm³/mol. The van der Waals surface area contributed by atoms with Gasteiger partial charge in [0.15, 0.2) is 0 Å². The summed E-state index contributed by atoms with van der Waals surface area (Å²) in [7, 11) is 0. The molecule has 0 fully saturated rings. The maximum atomic E-state index is 8.58. The molecule has 1 aromatic carbocycles. The van der Waals surface area contributed by atoms with Gasteiger partial charge in [-0.25, -0.2) is 0 Å². The Bertz CT molecular complexity index is 326. The molecular formula is C8H7BrN2. The molecule has 0 saturated carbocycles. The van der Waals surface area contributed by atoms with Crippen molar-refractivity contribution >= 4 is 21.6 Å². The average molecular weight is 211 g/mol. The van der Waals surface area contributed by atoms with Crippen molar-refractivity contribution in [1.82, 2.24) is 0 Å². The number of halogens is 1. The molecule has 0 unspecified atom stereocenters. The number of rotatable bonds is 0. The van der Waals surface area contributed by atoms with Gasteiger partial charge in [-0.2, -0.15) is 5.26 Å². The van der Waals surface area contributed by atoms with Crippen LogP contribution in [0.15, 0.2) is 16.6 Å². The number of hydrogen-bond donors (Lipinski definition) is 1. The molecular weight excluding hydrogens is 204 g/mol. The van der Waals surface area contributed by atoms with Gasteiger partial charge in [-0.05, 0) is 34.5 Å². The Morgan fingerprint density at radius 3 is 2.73 bits per heavy atom. The fourth-order valence-corrected chi connectivity index (χ4v) is 1.15. The lowest BCUT2D eigenvalue weighted by Gasteiger charge is -2.02. The topological polar surface area (TPSA) is 49.8 Å². The SMILES string of the molecule is Cc1ccc(C#N)c(N)c1Br. The van der Waals surface area contributed by atoms with Gasteiger partial charge in [-0.3, -0.25) is 0 Å². The van der Waals surface area contributed by atoms with Crippen LogP contribution >= 0.6 is 15.9 Å². The quantitative estimate of drug-likeness (QED) is 0.668. The van der Waals surface area contributed by atoms with E-state index in [1.54, 1.807) is 6.07 Å². The van der Waals surface area contributed by atoms with Crippen molar-refractivity contribution in [3.63, 3.8) is 0 Å². The van der Waals surface area contributed by atoms with Gasteiger partial charge in [-0.15, -0.1) is 0 Å². The van der Waals surface area contributed by atoms with Gasteiger partial charge in [0.1, 0.15) is 6.07 Å². The Hall–Kier alpha value is -1.01. The van der Waals surface area contributed by atoms with E-state index in [1.807, 2.05) is 19.1 Å². The largest absolute Gasteiger partial charge is 0.397 e. The molecule has 1 rings (SSSR count). The number of nitrogen functional groups attached to an aromatic ring is 1. The summed E-state index contributed by atoms with van der Waals surface area (Å²) in [6, 6.07) is 5.59. The Morgan fingerprint density at radius 1 is 1.55 bits per heavy atom. The highest BCUT2D eigenvalue weighted by molar-refractivity contribution is 9.10. The highest BCUT2D eigenvalue weighted by Gasteiger charge is 2.03. The van der Waals surface area contributed by atoms with E-state index in [1.165, 1.54) is 0 Å². The minimum Gasteiger partial charge on any atom is -0.397 e. The van der Waals surface area contributed by atoms with Crippen LogP contribution in [0.2, 0.25) is 0 Å². The molecule has 0 heterocycles. The highest BCUT2D eigenvalue weighted by atomic mass is 79.9. The van der Waals surface area contributed by atoms with Crippen molar-refractivity contribution in [3.8, 4) is 6.07 Å². The number of nitriles is 1.